The highest BCUT2D eigenvalue weighted by atomic mass is 79.9. The number of benzene rings is 1. The van der Waals surface area contributed by atoms with E-state index in [1.807, 2.05) is 0 Å². The second-order valence-corrected chi connectivity index (χ2v) is 4.18. The molecule has 0 saturated heterocycles. The van der Waals surface area contributed by atoms with E-state index in [9.17, 15) is 4.39 Å². The third-order valence-corrected chi connectivity index (χ3v) is 2.85. The summed E-state index contributed by atoms with van der Waals surface area (Å²) >= 11 is 3.13. The third-order valence-electron chi connectivity index (χ3n) is 2.24. The molecule has 1 heterocycles. The Morgan fingerprint density at radius 3 is 2.50 bits per heavy atom. The van der Waals surface area contributed by atoms with Crippen LogP contribution in [0.4, 0.5) is 4.39 Å². The van der Waals surface area contributed by atoms with Crippen molar-refractivity contribution in [1.82, 2.24) is 9.97 Å². The Hall–Kier alpha value is -1.33. The van der Waals surface area contributed by atoms with Crippen molar-refractivity contribution in [1.29, 1.82) is 0 Å². The van der Waals surface area contributed by atoms with Crippen molar-refractivity contribution in [2.45, 2.75) is 6.04 Å². The van der Waals surface area contributed by atoms with Gasteiger partial charge in [-0.15, -0.1) is 0 Å². The third kappa shape index (κ3) is 2.25. The summed E-state index contributed by atoms with van der Waals surface area (Å²) < 4.78 is 13.5. The van der Waals surface area contributed by atoms with Crippen LogP contribution in [-0.4, -0.2) is 9.97 Å². The van der Waals surface area contributed by atoms with E-state index >= 15 is 0 Å². The summed E-state index contributed by atoms with van der Waals surface area (Å²) in [5, 5.41) is 0. The van der Waals surface area contributed by atoms with Crippen LogP contribution in [0.1, 0.15) is 17.2 Å². The first-order valence-corrected chi connectivity index (χ1v) is 5.43. The predicted molar refractivity (Wildman–Crippen MR) is 62.2 cm³/mol. The SMILES string of the molecule is NC(c1cncnc1)c1ccc(F)c(Br)c1. The molecule has 2 aromatic rings. The van der Waals surface area contributed by atoms with Crippen LogP contribution in [0.5, 0.6) is 0 Å². The first-order valence-electron chi connectivity index (χ1n) is 4.64. The minimum absolute atomic E-state index is 0.305. The Morgan fingerprint density at radius 2 is 1.88 bits per heavy atom. The summed E-state index contributed by atoms with van der Waals surface area (Å²) in [5.41, 5.74) is 7.61. The van der Waals surface area contributed by atoms with Gasteiger partial charge in [-0.2, -0.15) is 0 Å². The normalized spacial score (nSPS) is 12.4. The fraction of sp³-hybridized carbons (Fsp3) is 0.0909. The van der Waals surface area contributed by atoms with E-state index in [1.54, 1.807) is 24.5 Å². The van der Waals surface area contributed by atoms with E-state index in [4.69, 9.17) is 5.73 Å². The highest BCUT2D eigenvalue weighted by molar-refractivity contribution is 9.10. The van der Waals surface area contributed by atoms with Gasteiger partial charge in [0.25, 0.3) is 0 Å². The minimum atomic E-state index is -0.349. The van der Waals surface area contributed by atoms with E-state index in [-0.39, 0.29) is 11.9 Å². The van der Waals surface area contributed by atoms with Crippen LogP contribution in [0.2, 0.25) is 0 Å². The fourth-order valence-electron chi connectivity index (χ4n) is 1.37. The molecule has 2 rings (SSSR count). The van der Waals surface area contributed by atoms with Crippen molar-refractivity contribution < 1.29 is 4.39 Å². The van der Waals surface area contributed by atoms with Gasteiger partial charge in [0, 0.05) is 18.0 Å². The zero-order valence-corrected chi connectivity index (χ0v) is 9.86. The Labute approximate surface area is 101 Å². The second-order valence-electron chi connectivity index (χ2n) is 3.32. The first kappa shape index (κ1) is 11.2. The lowest BCUT2D eigenvalue weighted by Crippen LogP contribution is -2.12. The largest absolute Gasteiger partial charge is 0.320 e. The van der Waals surface area contributed by atoms with E-state index < -0.39 is 0 Å². The van der Waals surface area contributed by atoms with Gasteiger partial charge in [-0.3, -0.25) is 0 Å². The van der Waals surface area contributed by atoms with Gasteiger partial charge in [0.2, 0.25) is 0 Å². The average molecular weight is 282 g/mol. The molecule has 5 heteroatoms. The van der Waals surface area contributed by atoms with Crippen molar-refractivity contribution in [2.75, 3.05) is 0 Å². The van der Waals surface area contributed by atoms with E-state index in [2.05, 4.69) is 25.9 Å². The molecule has 0 saturated carbocycles. The number of nitrogens with two attached hydrogens (primary N) is 1. The molecule has 0 radical (unpaired) electrons. The number of aromatic nitrogens is 2. The molecule has 1 atom stereocenters. The lowest BCUT2D eigenvalue weighted by molar-refractivity contribution is 0.619. The molecule has 2 N–H and O–H groups in total. The van der Waals surface area contributed by atoms with Crippen LogP contribution in [0, 0.1) is 5.82 Å². The van der Waals surface area contributed by atoms with Gasteiger partial charge < -0.3 is 5.73 Å². The van der Waals surface area contributed by atoms with Crippen LogP contribution < -0.4 is 5.73 Å². The highest BCUT2D eigenvalue weighted by Gasteiger charge is 2.11. The van der Waals surface area contributed by atoms with Crippen molar-refractivity contribution >= 4 is 15.9 Å². The number of rotatable bonds is 2. The van der Waals surface area contributed by atoms with Gasteiger partial charge in [0.1, 0.15) is 12.1 Å². The maximum atomic E-state index is 13.1. The van der Waals surface area contributed by atoms with Gasteiger partial charge in [0.15, 0.2) is 0 Å². The molecule has 0 bridgehead atoms. The highest BCUT2D eigenvalue weighted by Crippen LogP contribution is 2.23. The summed E-state index contributed by atoms with van der Waals surface area (Å²) in [6, 6.07) is 4.34. The zero-order chi connectivity index (χ0) is 11.5. The zero-order valence-electron chi connectivity index (χ0n) is 8.27. The average Bonchev–Trinajstić information content (AvgIpc) is 2.33. The minimum Gasteiger partial charge on any atom is -0.320 e. The summed E-state index contributed by atoms with van der Waals surface area (Å²) in [5.74, 6) is -0.305. The van der Waals surface area contributed by atoms with E-state index in [1.165, 1.54) is 12.4 Å². The topological polar surface area (TPSA) is 51.8 Å². The molecule has 1 aromatic carbocycles. The van der Waals surface area contributed by atoms with Crippen molar-refractivity contribution in [3.8, 4) is 0 Å². The molecular weight excluding hydrogens is 273 g/mol. The van der Waals surface area contributed by atoms with Gasteiger partial charge in [-0.1, -0.05) is 6.07 Å². The summed E-state index contributed by atoms with van der Waals surface area (Å²) in [6.45, 7) is 0. The second kappa shape index (κ2) is 4.67. The summed E-state index contributed by atoms with van der Waals surface area (Å²) in [4.78, 5) is 7.79. The maximum absolute atomic E-state index is 13.1. The van der Waals surface area contributed by atoms with Crippen molar-refractivity contribution in [3.05, 3.63) is 58.3 Å². The molecule has 0 aliphatic heterocycles. The predicted octanol–water partition coefficient (Wildman–Crippen LogP) is 2.43. The standard InChI is InChI=1S/C11H9BrFN3/c12-9-3-7(1-2-10(9)13)11(14)8-4-15-6-16-5-8/h1-6,11H,14H2. The van der Waals surface area contributed by atoms with Crippen molar-refractivity contribution in [3.63, 3.8) is 0 Å². The smallest absolute Gasteiger partial charge is 0.137 e. The summed E-state index contributed by atoms with van der Waals surface area (Å²) in [6.07, 6.45) is 4.74. The lowest BCUT2D eigenvalue weighted by atomic mass is 10.0. The molecule has 0 aliphatic rings. The molecule has 1 unspecified atom stereocenters. The molecular formula is C11H9BrFN3. The molecule has 0 amide bonds. The number of nitrogens with zero attached hydrogens (tertiary/aromatic N) is 2. The van der Waals surface area contributed by atoms with E-state index in [0.29, 0.717) is 4.47 Å². The first-order chi connectivity index (χ1) is 7.68. The molecule has 82 valence electrons. The lowest BCUT2D eigenvalue weighted by Gasteiger charge is -2.11. The monoisotopic (exact) mass is 281 g/mol. The Morgan fingerprint density at radius 1 is 1.19 bits per heavy atom. The van der Waals surface area contributed by atoms with Crippen molar-refractivity contribution in [2.24, 2.45) is 5.73 Å². The molecule has 1 aromatic heterocycles. The van der Waals surface area contributed by atoms with Crippen LogP contribution in [0.15, 0.2) is 41.4 Å². The molecule has 0 aliphatic carbocycles. The summed E-state index contributed by atoms with van der Waals surface area (Å²) in [7, 11) is 0. The maximum Gasteiger partial charge on any atom is 0.137 e. The van der Waals surface area contributed by atoms with Crippen LogP contribution in [0.25, 0.3) is 0 Å². The van der Waals surface area contributed by atoms with Gasteiger partial charge >= 0.3 is 0 Å². The number of hydrogen-bond acceptors (Lipinski definition) is 3. The van der Waals surface area contributed by atoms with Crippen LogP contribution in [0.3, 0.4) is 0 Å². The quantitative estimate of drug-likeness (QED) is 0.920. The fourth-order valence-corrected chi connectivity index (χ4v) is 1.77. The van der Waals surface area contributed by atoms with Gasteiger partial charge in [-0.05, 0) is 33.6 Å². The molecule has 0 fully saturated rings. The Kier molecular flexibility index (Phi) is 3.26. The Bertz CT molecular complexity index is 490. The van der Waals surface area contributed by atoms with Gasteiger partial charge in [-0.25, -0.2) is 14.4 Å². The van der Waals surface area contributed by atoms with E-state index in [0.717, 1.165) is 11.1 Å². The molecule has 16 heavy (non-hydrogen) atoms. The van der Waals surface area contributed by atoms with Gasteiger partial charge in [0.05, 0.1) is 10.5 Å². The number of hydrogen-bond donors (Lipinski definition) is 1. The Balaban J connectivity index is 2.34. The van der Waals surface area contributed by atoms with Crippen LogP contribution >= 0.6 is 15.9 Å². The van der Waals surface area contributed by atoms with Crippen LogP contribution in [-0.2, 0) is 0 Å². The number of halogens is 2. The molecule has 0 spiro atoms. The molecule has 3 nitrogen and oxygen atoms in total.